The summed E-state index contributed by atoms with van der Waals surface area (Å²) in [5, 5.41) is 17.4. The van der Waals surface area contributed by atoms with E-state index in [-0.39, 0.29) is 13.0 Å². The molecule has 2 heterocycles. The molecular weight excluding hydrogens is 422 g/mol. The maximum Gasteiger partial charge on any atom is 0.246 e. The number of hydroxylamine groups is 1. The first-order chi connectivity index (χ1) is 15.9. The lowest BCUT2D eigenvalue weighted by Crippen LogP contribution is -2.20. The summed E-state index contributed by atoms with van der Waals surface area (Å²) in [6.07, 6.45) is 1.77. The van der Waals surface area contributed by atoms with Crippen LogP contribution in [0.1, 0.15) is 12.1 Å². The average molecular weight is 447 g/mol. The molecule has 4 aromatic rings. The van der Waals surface area contributed by atoms with Crippen LogP contribution < -0.4 is 20.4 Å². The molecule has 10 heteroatoms. The number of anilines is 4. The largest absolute Gasteiger partial charge is 0.493 e. The van der Waals surface area contributed by atoms with Gasteiger partial charge in [0.2, 0.25) is 11.9 Å². The molecule has 10 nitrogen and oxygen atoms in total. The summed E-state index contributed by atoms with van der Waals surface area (Å²) in [4.78, 5) is 21.9. The number of aryl methyl sites for hydroxylation is 2. The van der Waals surface area contributed by atoms with Gasteiger partial charge in [-0.2, -0.15) is 10.1 Å². The Morgan fingerprint density at radius 2 is 1.97 bits per heavy atom. The first-order valence-corrected chi connectivity index (χ1v) is 10.4. The number of benzene rings is 2. The lowest BCUT2D eigenvalue weighted by Gasteiger charge is -2.19. The van der Waals surface area contributed by atoms with Gasteiger partial charge in [0, 0.05) is 42.7 Å². The number of nitrogens with one attached hydrogen (secondary N) is 2. The fourth-order valence-electron chi connectivity index (χ4n) is 3.34. The number of fused-ring (bicyclic) bond motifs is 1. The number of rotatable bonds is 8. The van der Waals surface area contributed by atoms with Crippen LogP contribution in [-0.4, -0.2) is 44.5 Å². The standard InChI is InChI=1S/C23H25N7O3/c1-15-19-9-6-17(14-20(19)27-30(15)3)29(2)21-10-12-24-23(26-21)25-16-4-7-18(8-5-16)33-13-11-22(31)28-32/h4-10,12,14,32H,11,13H2,1-3H3,(H,28,31)(H,24,25,26). The quantitative estimate of drug-likeness (QED) is 0.278. The molecule has 2 aromatic heterocycles. The van der Waals surface area contributed by atoms with Gasteiger partial charge in [0.1, 0.15) is 11.6 Å². The summed E-state index contributed by atoms with van der Waals surface area (Å²) in [5.74, 6) is 1.32. The minimum absolute atomic E-state index is 0.0670. The Kier molecular flexibility index (Phi) is 6.36. The fraction of sp³-hybridized carbons (Fsp3) is 0.217. The summed E-state index contributed by atoms with van der Waals surface area (Å²) >= 11 is 0. The van der Waals surface area contributed by atoms with Crippen LogP contribution >= 0.6 is 0 Å². The van der Waals surface area contributed by atoms with E-state index in [4.69, 9.17) is 9.94 Å². The zero-order chi connectivity index (χ0) is 23.4. The molecule has 0 aliphatic carbocycles. The molecule has 0 saturated carbocycles. The van der Waals surface area contributed by atoms with Gasteiger partial charge in [0.05, 0.1) is 18.5 Å². The molecule has 33 heavy (non-hydrogen) atoms. The third-order valence-electron chi connectivity index (χ3n) is 5.32. The first-order valence-electron chi connectivity index (χ1n) is 10.4. The van der Waals surface area contributed by atoms with Gasteiger partial charge >= 0.3 is 0 Å². The van der Waals surface area contributed by atoms with Gasteiger partial charge in [-0.3, -0.25) is 14.7 Å². The Labute approximate surface area is 190 Å². The monoisotopic (exact) mass is 447 g/mol. The molecule has 3 N–H and O–H groups in total. The van der Waals surface area contributed by atoms with Crippen molar-refractivity contribution in [1.29, 1.82) is 0 Å². The normalized spacial score (nSPS) is 10.8. The molecule has 0 radical (unpaired) electrons. The summed E-state index contributed by atoms with van der Waals surface area (Å²) in [7, 11) is 3.89. The van der Waals surface area contributed by atoms with Crippen LogP contribution in [0, 0.1) is 6.92 Å². The molecule has 0 saturated heterocycles. The Morgan fingerprint density at radius 3 is 2.73 bits per heavy atom. The molecule has 0 atom stereocenters. The number of aromatic nitrogens is 4. The van der Waals surface area contributed by atoms with Crippen LogP contribution in [-0.2, 0) is 11.8 Å². The zero-order valence-corrected chi connectivity index (χ0v) is 18.6. The Morgan fingerprint density at radius 1 is 1.18 bits per heavy atom. The van der Waals surface area contributed by atoms with Crippen molar-refractivity contribution in [3.05, 3.63) is 60.4 Å². The maximum absolute atomic E-state index is 11.0. The van der Waals surface area contributed by atoms with E-state index in [1.165, 1.54) is 0 Å². The second kappa shape index (κ2) is 9.53. The van der Waals surface area contributed by atoms with Crippen molar-refractivity contribution in [2.75, 3.05) is 23.9 Å². The van der Waals surface area contributed by atoms with E-state index in [1.807, 2.05) is 47.9 Å². The van der Waals surface area contributed by atoms with Crippen molar-refractivity contribution in [3.63, 3.8) is 0 Å². The highest BCUT2D eigenvalue weighted by atomic mass is 16.5. The molecule has 0 spiro atoms. The number of hydrogen-bond acceptors (Lipinski definition) is 8. The second-order valence-corrected chi connectivity index (χ2v) is 7.49. The van der Waals surface area contributed by atoms with Gasteiger partial charge < -0.3 is 15.0 Å². The summed E-state index contributed by atoms with van der Waals surface area (Å²) in [5.41, 5.74) is 5.40. The summed E-state index contributed by atoms with van der Waals surface area (Å²) < 4.78 is 7.36. The predicted molar refractivity (Wildman–Crippen MR) is 125 cm³/mol. The number of hydrogen-bond donors (Lipinski definition) is 3. The fourth-order valence-corrected chi connectivity index (χ4v) is 3.34. The molecule has 0 aliphatic heterocycles. The van der Waals surface area contributed by atoms with Gasteiger partial charge in [0.15, 0.2) is 0 Å². The third kappa shape index (κ3) is 5.01. The van der Waals surface area contributed by atoms with Crippen molar-refractivity contribution < 1.29 is 14.7 Å². The molecule has 0 fully saturated rings. The smallest absolute Gasteiger partial charge is 0.246 e. The van der Waals surface area contributed by atoms with Crippen molar-refractivity contribution in [2.24, 2.45) is 7.05 Å². The topological polar surface area (TPSA) is 117 Å². The lowest BCUT2D eigenvalue weighted by atomic mass is 10.2. The number of ether oxygens (including phenoxy) is 1. The van der Waals surface area contributed by atoms with Crippen molar-refractivity contribution >= 4 is 40.0 Å². The number of carbonyl (C=O) groups excluding carboxylic acids is 1. The highest BCUT2D eigenvalue weighted by molar-refractivity contribution is 5.85. The van der Waals surface area contributed by atoms with Gasteiger partial charge in [-0.15, -0.1) is 0 Å². The predicted octanol–water partition coefficient (Wildman–Crippen LogP) is 3.46. The highest BCUT2D eigenvalue weighted by Crippen LogP contribution is 2.27. The molecule has 170 valence electrons. The van der Waals surface area contributed by atoms with E-state index in [0.29, 0.717) is 11.7 Å². The van der Waals surface area contributed by atoms with E-state index < -0.39 is 5.91 Å². The van der Waals surface area contributed by atoms with Crippen LogP contribution in [0.15, 0.2) is 54.7 Å². The SMILES string of the molecule is Cc1c2ccc(N(C)c3ccnc(Nc4ccc(OCCC(=O)NO)cc4)n3)cc2nn1C. The minimum atomic E-state index is -0.495. The first kappa shape index (κ1) is 22.0. The van der Waals surface area contributed by atoms with Gasteiger partial charge in [-0.25, -0.2) is 10.5 Å². The van der Waals surface area contributed by atoms with E-state index in [2.05, 4.69) is 39.4 Å². The molecule has 0 unspecified atom stereocenters. The molecular formula is C23H25N7O3. The number of carbonyl (C=O) groups is 1. The minimum Gasteiger partial charge on any atom is -0.493 e. The molecule has 0 bridgehead atoms. The Balaban J connectivity index is 1.44. The molecule has 1 amide bonds. The van der Waals surface area contributed by atoms with Crippen LogP contribution in [0.3, 0.4) is 0 Å². The maximum atomic E-state index is 11.0. The van der Waals surface area contributed by atoms with Crippen molar-refractivity contribution in [3.8, 4) is 5.75 Å². The van der Waals surface area contributed by atoms with Gasteiger partial charge in [-0.1, -0.05) is 0 Å². The molecule has 0 aliphatic rings. The van der Waals surface area contributed by atoms with Gasteiger partial charge in [0.25, 0.3) is 0 Å². The molecule has 2 aromatic carbocycles. The summed E-state index contributed by atoms with van der Waals surface area (Å²) in [6, 6.07) is 15.2. The van der Waals surface area contributed by atoms with E-state index in [0.717, 1.165) is 33.8 Å². The summed E-state index contributed by atoms with van der Waals surface area (Å²) in [6.45, 7) is 2.22. The number of nitrogens with zero attached hydrogens (tertiary/aromatic N) is 5. The highest BCUT2D eigenvalue weighted by Gasteiger charge is 2.11. The van der Waals surface area contributed by atoms with E-state index in [9.17, 15) is 4.79 Å². The van der Waals surface area contributed by atoms with Crippen molar-refractivity contribution in [1.82, 2.24) is 25.2 Å². The Bertz CT molecular complexity index is 1270. The number of amides is 1. The van der Waals surface area contributed by atoms with Crippen molar-refractivity contribution in [2.45, 2.75) is 13.3 Å². The van der Waals surface area contributed by atoms with E-state index >= 15 is 0 Å². The van der Waals surface area contributed by atoms with E-state index in [1.54, 1.807) is 23.8 Å². The van der Waals surface area contributed by atoms with Crippen LogP contribution in [0.5, 0.6) is 5.75 Å². The van der Waals surface area contributed by atoms with Crippen LogP contribution in [0.2, 0.25) is 0 Å². The average Bonchev–Trinajstić information content (AvgIpc) is 3.12. The van der Waals surface area contributed by atoms with Crippen LogP contribution in [0.4, 0.5) is 23.1 Å². The second-order valence-electron chi connectivity index (χ2n) is 7.49. The van der Waals surface area contributed by atoms with Gasteiger partial charge in [-0.05, 0) is 55.5 Å². The zero-order valence-electron chi connectivity index (χ0n) is 18.6. The van der Waals surface area contributed by atoms with Crippen LogP contribution in [0.25, 0.3) is 10.9 Å². The Hall–Kier alpha value is -4.18. The lowest BCUT2D eigenvalue weighted by molar-refractivity contribution is -0.129. The third-order valence-corrected chi connectivity index (χ3v) is 5.32. The molecule has 4 rings (SSSR count).